The smallest absolute Gasteiger partial charge is 0.335 e. The Hall–Kier alpha value is -2.80. The summed E-state index contributed by atoms with van der Waals surface area (Å²) in [6.07, 6.45) is 3.66. The lowest BCUT2D eigenvalue weighted by atomic mass is 10.1. The van der Waals surface area contributed by atoms with Crippen LogP contribution in [-0.2, 0) is 0 Å². The van der Waals surface area contributed by atoms with Crippen molar-refractivity contribution in [3.8, 4) is 11.1 Å². The number of thioether (sulfide) groups is 1. The number of carbonyl (C=O) groups is 1. The summed E-state index contributed by atoms with van der Waals surface area (Å²) in [7, 11) is 0. The van der Waals surface area contributed by atoms with Crippen molar-refractivity contribution in [2.45, 2.75) is 11.9 Å². The first-order valence-electron chi connectivity index (χ1n) is 7.15. The van der Waals surface area contributed by atoms with Crippen LogP contribution in [0.2, 0.25) is 0 Å². The Labute approximate surface area is 142 Å². The molecule has 0 atom stereocenters. The van der Waals surface area contributed by atoms with Gasteiger partial charge in [0.05, 0.1) is 11.1 Å². The fourth-order valence-corrected chi connectivity index (χ4v) is 2.89. The lowest BCUT2D eigenvalue weighted by Crippen LogP contribution is -1.97. The summed E-state index contributed by atoms with van der Waals surface area (Å²) >= 11 is 1.52. The van der Waals surface area contributed by atoms with E-state index in [0.29, 0.717) is 5.82 Å². The first kappa shape index (κ1) is 16.1. The lowest BCUT2D eigenvalue weighted by Gasteiger charge is -2.08. The molecule has 0 saturated heterocycles. The van der Waals surface area contributed by atoms with Crippen molar-refractivity contribution in [3.05, 3.63) is 53.9 Å². The summed E-state index contributed by atoms with van der Waals surface area (Å²) in [6.45, 7) is 1.88. The average Bonchev–Trinajstić information content (AvgIpc) is 2.96. The standard InChI is InChI=1S/C17H15N3O3S/c1-10-15(16(24-2)20-23-10)12-7-8-18-14(9-12)19-13-5-3-11(4-6-13)17(21)22/h3-9H,1-2H3,(H,18,19)(H,21,22). The SMILES string of the molecule is CSc1noc(C)c1-c1ccnc(Nc2ccc(C(=O)O)cc2)c1. The van der Waals surface area contributed by atoms with Crippen LogP contribution in [0.4, 0.5) is 11.5 Å². The van der Waals surface area contributed by atoms with Gasteiger partial charge >= 0.3 is 5.97 Å². The third-order valence-corrected chi connectivity index (χ3v) is 4.14. The molecular formula is C17H15N3O3S. The predicted molar refractivity (Wildman–Crippen MR) is 92.9 cm³/mol. The Morgan fingerprint density at radius 1 is 1.25 bits per heavy atom. The van der Waals surface area contributed by atoms with Crippen LogP contribution in [0.5, 0.6) is 0 Å². The minimum Gasteiger partial charge on any atom is -0.478 e. The molecule has 2 N–H and O–H groups in total. The molecule has 0 aliphatic heterocycles. The highest BCUT2D eigenvalue weighted by Gasteiger charge is 2.14. The number of carboxylic acid groups (broad SMARTS) is 1. The molecule has 1 aromatic carbocycles. The maximum absolute atomic E-state index is 10.9. The monoisotopic (exact) mass is 341 g/mol. The molecule has 3 aromatic rings. The van der Waals surface area contributed by atoms with Gasteiger partial charge in [0.2, 0.25) is 0 Å². The van der Waals surface area contributed by atoms with Gasteiger partial charge in [0.15, 0.2) is 0 Å². The minimum atomic E-state index is -0.950. The summed E-state index contributed by atoms with van der Waals surface area (Å²) in [5, 5.41) is 17.0. The molecule has 7 heteroatoms. The van der Waals surface area contributed by atoms with Gasteiger partial charge in [-0.1, -0.05) is 5.16 Å². The van der Waals surface area contributed by atoms with Crippen molar-refractivity contribution in [2.24, 2.45) is 0 Å². The fourth-order valence-electron chi connectivity index (χ4n) is 2.32. The quantitative estimate of drug-likeness (QED) is 0.672. The summed E-state index contributed by atoms with van der Waals surface area (Å²) in [5.41, 5.74) is 2.91. The number of benzene rings is 1. The van der Waals surface area contributed by atoms with Gasteiger partial charge in [0, 0.05) is 11.9 Å². The van der Waals surface area contributed by atoms with Crippen molar-refractivity contribution in [1.29, 1.82) is 0 Å². The molecule has 0 fully saturated rings. The number of aromatic nitrogens is 2. The number of hydrogen-bond donors (Lipinski definition) is 2. The highest BCUT2D eigenvalue weighted by atomic mass is 32.2. The number of nitrogens with one attached hydrogen (secondary N) is 1. The van der Waals surface area contributed by atoms with Gasteiger partial charge in [-0.2, -0.15) is 0 Å². The molecule has 0 spiro atoms. The second kappa shape index (κ2) is 6.76. The van der Waals surface area contributed by atoms with Gasteiger partial charge in [0.1, 0.15) is 16.6 Å². The van der Waals surface area contributed by atoms with Crippen molar-refractivity contribution in [2.75, 3.05) is 11.6 Å². The van der Waals surface area contributed by atoms with Crippen LogP contribution in [0, 0.1) is 6.92 Å². The Bertz CT molecular complexity index is 875. The van der Waals surface area contributed by atoms with Crippen LogP contribution < -0.4 is 5.32 Å². The van der Waals surface area contributed by atoms with Gasteiger partial charge in [0.25, 0.3) is 0 Å². The molecule has 122 valence electrons. The van der Waals surface area contributed by atoms with Crippen molar-refractivity contribution < 1.29 is 14.4 Å². The maximum atomic E-state index is 10.9. The molecule has 0 saturated carbocycles. The van der Waals surface area contributed by atoms with Crippen LogP contribution >= 0.6 is 11.8 Å². The second-order valence-electron chi connectivity index (χ2n) is 5.06. The molecule has 0 aliphatic rings. The number of hydrogen-bond acceptors (Lipinski definition) is 6. The van der Waals surface area contributed by atoms with E-state index in [1.807, 2.05) is 25.3 Å². The van der Waals surface area contributed by atoms with E-state index in [4.69, 9.17) is 9.63 Å². The van der Waals surface area contributed by atoms with Gasteiger partial charge in [-0.25, -0.2) is 9.78 Å². The zero-order valence-corrected chi connectivity index (χ0v) is 13.9. The lowest BCUT2D eigenvalue weighted by molar-refractivity contribution is 0.0697. The van der Waals surface area contributed by atoms with Crippen LogP contribution in [-0.4, -0.2) is 27.5 Å². The topological polar surface area (TPSA) is 88.3 Å². The maximum Gasteiger partial charge on any atom is 0.335 e. The molecule has 0 aliphatic carbocycles. The normalized spacial score (nSPS) is 10.6. The Kier molecular flexibility index (Phi) is 4.52. The molecule has 3 rings (SSSR count). The molecule has 0 unspecified atom stereocenters. The molecule has 24 heavy (non-hydrogen) atoms. The van der Waals surface area contributed by atoms with E-state index in [1.54, 1.807) is 30.5 Å². The second-order valence-corrected chi connectivity index (χ2v) is 5.86. The summed E-state index contributed by atoms with van der Waals surface area (Å²) in [5.74, 6) is 0.458. The Balaban J connectivity index is 1.88. The van der Waals surface area contributed by atoms with Crippen molar-refractivity contribution in [1.82, 2.24) is 10.1 Å². The van der Waals surface area contributed by atoms with Crippen molar-refractivity contribution >= 4 is 29.2 Å². The number of nitrogens with zero attached hydrogens (tertiary/aromatic N) is 2. The highest BCUT2D eigenvalue weighted by Crippen LogP contribution is 2.33. The van der Waals surface area contributed by atoms with Crippen molar-refractivity contribution in [3.63, 3.8) is 0 Å². The predicted octanol–water partition coefficient (Wildman–Crippen LogP) is 4.21. The van der Waals surface area contributed by atoms with E-state index in [9.17, 15) is 4.79 Å². The number of rotatable bonds is 5. The summed E-state index contributed by atoms with van der Waals surface area (Å²) in [6, 6.07) is 10.3. The molecular weight excluding hydrogens is 326 g/mol. The largest absolute Gasteiger partial charge is 0.478 e. The molecule has 2 aromatic heterocycles. The van der Waals surface area contributed by atoms with Gasteiger partial charge < -0.3 is 14.9 Å². The third kappa shape index (κ3) is 3.26. The first-order valence-corrected chi connectivity index (χ1v) is 8.38. The van der Waals surface area contributed by atoms with Gasteiger partial charge in [-0.15, -0.1) is 11.8 Å². The zero-order valence-electron chi connectivity index (χ0n) is 13.1. The molecule has 0 amide bonds. The molecule has 6 nitrogen and oxygen atoms in total. The van der Waals surface area contributed by atoms with E-state index >= 15 is 0 Å². The number of aromatic carboxylic acids is 1. The number of pyridine rings is 1. The third-order valence-electron chi connectivity index (χ3n) is 3.48. The fraction of sp³-hybridized carbons (Fsp3) is 0.118. The zero-order chi connectivity index (χ0) is 17.1. The molecule has 2 heterocycles. The molecule has 0 bridgehead atoms. The van der Waals surface area contributed by atoms with E-state index in [-0.39, 0.29) is 5.56 Å². The van der Waals surface area contributed by atoms with Gasteiger partial charge in [-0.05, 0) is 55.1 Å². The van der Waals surface area contributed by atoms with E-state index in [1.165, 1.54) is 11.8 Å². The summed E-state index contributed by atoms with van der Waals surface area (Å²) < 4.78 is 5.27. The van der Waals surface area contributed by atoms with Crippen LogP contribution in [0.1, 0.15) is 16.1 Å². The Morgan fingerprint density at radius 3 is 2.67 bits per heavy atom. The average molecular weight is 341 g/mol. The van der Waals surface area contributed by atoms with Crippen LogP contribution in [0.3, 0.4) is 0 Å². The number of aryl methyl sites for hydroxylation is 1. The van der Waals surface area contributed by atoms with Crippen LogP contribution in [0.15, 0.2) is 52.1 Å². The number of carboxylic acids is 1. The van der Waals surface area contributed by atoms with E-state index < -0.39 is 5.97 Å². The first-order chi connectivity index (χ1) is 11.6. The molecule has 0 radical (unpaired) electrons. The van der Waals surface area contributed by atoms with E-state index in [2.05, 4.69) is 15.5 Å². The summed E-state index contributed by atoms with van der Waals surface area (Å²) in [4.78, 5) is 15.2. The van der Waals surface area contributed by atoms with Gasteiger partial charge in [-0.3, -0.25) is 0 Å². The highest BCUT2D eigenvalue weighted by molar-refractivity contribution is 7.98. The van der Waals surface area contributed by atoms with Crippen LogP contribution in [0.25, 0.3) is 11.1 Å². The van der Waals surface area contributed by atoms with E-state index in [0.717, 1.165) is 27.6 Å². The minimum absolute atomic E-state index is 0.243. The Morgan fingerprint density at radius 2 is 2.00 bits per heavy atom. The number of anilines is 2.